The smallest absolute Gasteiger partial charge is 0.315 e. The number of hydrogen-bond acceptors (Lipinski definition) is 7. The third-order valence-corrected chi connectivity index (χ3v) is 11.8. The molecule has 5 N–H and O–H groups in total. The first-order valence-corrected chi connectivity index (χ1v) is 19.3. The van der Waals surface area contributed by atoms with Gasteiger partial charge in [0.25, 0.3) is 0 Å². The van der Waals surface area contributed by atoms with Gasteiger partial charge in [-0.2, -0.15) is 11.8 Å². The van der Waals surface area contributed by atoms with Gasteiger partial charge in [0.1, 0.15) is 5.78 Å². The minimum atomic E-state index is -0.0395. The molecule has 260 valence electrons. The molecule has 1 saturated carbocycles. The Morgan fingerprint density at radius 1 is 0.917 bits per heavy atom. The SMILES string of the molecule is O=C(CCCCC[C@@H]1SC[C@@H]2NC(=O)N[C@@H]21)CCOCCNC(=O)CCc1cccc(-c2ccc([C@@H]3C[C@H]3NC3CCNCC3)cc2)c1. The van der Waals surface area contributed by atoms with Gasteiger partial charge >= 0.3 is 6.03 Å². The highest BCUT2D eigenvalue weighted by atomic mass is 32.2. The lowest BCUT2D eigenvalue weighted by atomic mass is 9.99. The first-order chi connectivity index (χ1) is 23.5. The Hall–Kier alpha value is -2.92. The number of rotatable bonds is 19. The number of benzene rings is 2. The summed E-state index contributed by atoms with van der Waals surface area (Å²) in [5.74, 6) is 1.86. The molecule has 1 aliphatic carbocycles. The zero-order valence-corrected chi connectivity index (χ0v) is 29.0. The van der Waals surface area contributed by atoms with Crippen molar-refractivity contribution in [3.63, 3.8) is 0 Å². The van der Waals surface area contributed by atoms with Crippen molar-refractivity contribution in [2.75, 3.05) is 38.6 Å². The molecule has 4 aliphatic rings. The molecule has 0 spiro atoms. The van der Waals surface area contributed by atoms with Gasteiger partial charge in [-0.1, -0.05) is 61.4 Å². The van der Waals surface area contributed by atoms with Gasteiger partial charge in [0.15, 0.2) is 0 Å². The van der Waals surface area contributed by atoms with Gasteiger partial charge in [-0.15, -0.1) is 0 Å². The van der Waals surface area contributed by atoms with E-state index in [2.05, 4.69) is 75.1 Å². The van der Waals surface area contributed by atoms with E-state index in [9.17, 15) is 14.4 Å². The molecule has 2 aromatic carbocycles. The maximum absolute atomic E-state index is 12.4. The van der Waals surface area contributed by atoms with E-state index < -0.39 is 0 Å². The van der Waals surface area contributed by atoms with Crippen molar-refractivity contribution in [2.24, 2.45) is 0 Å². The molecule has 4 fully saturated rings. The predicted octanol–water partition coefficient (Wildman–Crippen LogP) is 4.69. The summed E-state index contributed by atoms with van der Waals surface area (Å²) in [7, 11) is 0. The molecule has 3 amide bonds. The third kappa shape index (κ3) is 10.3. The number of ketones is 1. The molecule has 3 heterocycles. The number of fused-ring (bicyclic) bond motifs is 1. The number of Topliss-reactive ketones (excluding diaryl/α,β-unsaturated/α-hetero) is 1. The fourth-order valence-electron chi connectivity index (χ4n) is 7.38. The fourth-order valence-corrected chi connectivity index (χ4v) is 8.92. The Labute approximate surface area is 289 Å². The molecule has 3 aliphatic heterocycles. The van der Waals surface area contributed by atoms with E-state index in [1.807, 2.05) is 11.8 Å². The number of ether oxygens (including phenoxy) is 1. The molecule has 9 nitrogen and oxygen atoms in total. The van der Waals surface area contributed by atoms with E-state index in [1.165, 1.54) is 36.0 Å². The Morgan fingerprint density at radius 2 is 1.77 bits per heavy atom. The van der Waals surface area contributed by atoms with Crippen molar-refractivity contribution < 1.29 is 19.1 Å². The van der Waals surface area contributed by atoms with Gasteiger partial charge < -0.3 is 31.3 Å². The zero-order valence-electron chi connectivity index (χ0n) is 28.1. The van der Waals surface area contributed by atoms with Crippen molar-refractivity contribution in [2.45, 2.75) is 106 Å². The number of aryl methyl sites for hydroxylation is 1. The summed E-state index contributed by atoms with van der Waals surface area (Å²) in [6.07, 6.45) is 9.91. The molecule has 10 heteroatoms. The third-order valence-electron chi connectivity index (χ3n) is 10.3. The van der Waals surface area contributed by atoms with E-state index in [-0.39, 0.29) is 29.8 Å². The second-order valence-electron chi connectivity index (χ2n) is 13.9. The Morgan fingerprint density at radius 3 is 2.62 bits per heavy atom. The van der Waals surface area contributed by atoms with Crippen LogP contribution in [0.5, 0.6) is 0 Å². The summed E-state index contributed by atoms with van der Waals surface area (Å²) < 4.78 is 5.61. The van der Waals surface area contributed by atoms with Crippen LogP contribution >= 0.6 is 11.8 Å². The van der Waals surface area contributed by atoms with E-state index in [0.717, 1.165) is 50.1 Å². The zero-order chi connectivity index (χ0) is 33.1. The monoisotopic (exact) mass is 675 g/mol. The van der Waals surface area contributed by atoms with E-state index in [1.54, 1.807) is 0 Å². The van der Waals surface area contributed by atoms with E-state index >= 15 is 0 Å². The standard InChI is InChI=1S/C38H53N5O4S/c44-31(7-2-1-3-8-35-37-34(25-48-35)42-38(46)43-37)17-21-47-22-20-40-36(45)14-9-26-5-4-6-29(23-26)27-10-12-28(13-11-27)32-24-33(32)41-30-15-18-39-19-16-30/h4-6,10-13,23,30,32-35,37,39,41H,1-3,7-9,14-22,24-25H2,(H,40,45)(H2,42,43,46)/t32-,33+,34-,35-,37-/m0/s1. The molecular weight excluding hydrogens is 623 g/mol. The summed E-state index contributed by atoms with van der Waals surface area (Å²) in [6, 6.07) is 19.3. The highest BCUT2D eigenvalue weighted by Crippen LogP contribution is 2.42. The van der Waals surface area contributed by atoms with E-state index in [0.29, 0.717) is 68.7 Å². The first-order valence-electron chi connectivity index (χ1n) is 18.2. The number of unbranched alkanes of at least 4 members (excludes halogenated alkanes) is 2. The van der Waals surface area contributed by atoms with Gasteiger partial charge in [-0.3, -0.25) is 9.59 Å². The summed E-state index contributed by atoms with van der Waals surface area (Å²) in [5, 5.41) is 16.7. The summed E-state index contributed by atoms with van der Waals surface area (Å²) in [6.45, 7) is 3.50. The van der Waals surface area contributed by atoms with Crippen molar-refractivity contribution >= 4 is 29.5 Å². The fraction of sp³-hybridized carbons (Fsp3) is 0.605. The largest absolute Gasteiger partial charge is 0.379 e. The average Bonchev–Trinajstić information content (AvgIpc) is 3.62. The van der Waals surface area contributed by atoms with Crippen molar-refractivity contribution in [3.8, 4) is 11.1 Å². The molecule has 2 aromatic rings. The van der Waals surface area contributed by atoms with Crippen LogP contribution in [0.15, 0.2) is 48.5 Å². The minimum absolute atomic E-state index is 0.0135. The molecule has 0 bridgehead atoms. The molecular formula is C38H53N5O4S. The van der Waals surface area contributed by atoms with Crippen LogP contribution in [-0.2, 0) is 20.7 Å². The number of carbonyl (C=O) groups excluding carboxylic acids is 3. The number of nitrogens with one attached hydrogen (secondary N) is 5. The molecule has 48 heavy (non-hydrogen) atoms. The second-order valence-corrected chi connectivity index (χ2v) is 15.2. The number of piperidine rings is 1. The number of carbonyl (C=O) groups is 3. The molecule has 3 saturated heterocycles. The highest BCUT2D eigenvalue weighted by Gasteiger charge is 2.42. The van der Waals surface area contributed by atoms with Crippen LogP contribution in [0.4, 0.5) is 4.79 Å². The molecule has 5 atom stereocenters. The number of thioether (sulfide) groups is 1. The maximum atomic E-state index is 12.4. The normalized spacial score (nSPS) is 24.9. The Balaban J connectivity index is 0.786. The molecule has 0 unspecified atom stereocenters. The van der Waals surface area contributed by atoms with Crippen LogP contribution < -0.4 is 26.6 Å². The van der Waals surface area contributed by atoms with Gasteiger partial charge in [-0.05, 0) is 73.9 Å². The van der Waals surface area contributed by atoms with Gasteiger partial charge in [0.05, 0.1) is 25.3 Å². The summed E-state index contributed by atoms with van der Waals surface area (Å²) in [5.41, 5.74) is 4.97. The van der Waals surface area contributed by atoms with Crippen molar-refractivity contribution in [1.82, 2.24) is 26.6 Å². The lowest BCUT2D eigenvalue weighted by molar-refractivity contribution is -0.122. The maximum Gasteiger partial charge on any atom is 0.315 e. The van der Waals surface area contributed by atoms with Crippen LogP contribution in [0, 0.1) is 0 Å². The lowest BCUT2D eigenvalue weighted by Crippen LogP contribution is -2.41. The highest BCUT2D eigenvalue weighted by molar-refractivity contribution is 8.00. The Kier molecular flexibility index (Phi) is 12.8. The Bertz CT molecular complexity index is 1370. The minimum Gasteiger partial charge on any atom is -0.379 e. The van der Waals surface area contributed by atoms with Gasteiger partial charge in [-0.25, -0.2) is 4.79 Å². The predicted molar refractivity (Wildman–Crippen MR) is 192 cm³/mol. The van der Waals surface area contributed by atoms with Crippen LogP contribution in [0.2, 0.25) is 0 Å². The van der Waals surface area contributed by atoms with Crippen LogP contribution in [0.1, 0.15) is 81.3 Å². The van der Waals surface area contributed by atoms with E-state index in [4.69, 9.17) is 4.74 Å². The number of hydrogen-bond donors (Lipinski definition) is 5. The van der Waals surface area contributed by atoms with Crippen molar-refractivity contribution in [1.29, 1.82) is 0 Å². The number of amides is 3. The summed E-state index contributed by atoms with van der Waals surface area (Å²) >= 11 is 1.94. The van der Waals surface area contributed by atoms with Gasteiger partial charge in [0, 0.05) is 54.8 Å². The van der Waals surface area contributed by atoms with Crippen molar-refractivity contribution in [3.05, 3.63) is 59.7 Å². The topological polar surface area (TPSA) is 121 Å². The molecule has 0 radical (unpaired) electrons. The first kappa shape index (κ1) is 34.9. The lowest BCUT2D eigenvalue weighted by Gasteiger charge is -2.24. The van der Waals surface area contributed by atoms with Crippen LogP contribution in [-0.4, -0.2) is 85.7 Å². The second kappa shape index (κ2) is 17.7. The molecule has 0 aromatic heterocycles. The quantitative estimate of drug-likeness (QED) is 0.108. The van der Waals surface area contributed by atoms with Crippen LogP contribution in [0.25, 0.3) is 11.1 Å². The number of urea groups is 1. The van der Waals surface area contributed by atoms with Crippen LogP contribution in [0.3, 0.4) is 0 Å². The average molecular weight is 676 g/mol. The van der Waals surface area contributed by atoms with Gasteiger partial charge in [0.2, 0.25) is 5.91 Å². The molecule has 6 rings (SSSR count). The summed E-state index contributed by atoms with van der Waals surface area (Å²) in [4.78, 5) is 36.2.